The Hall–Kier alpha value is -2.55. The van der Waals surface area contributed by atoms with Gasteiger partial charge in [0.05, 0.1) is 0 Å². The van der Waals surface area contributed by atoms with Gasteiger partial charge in [-0.3, -0.25) is 4.79 Å². The van der Waals surface area contributed by atoms with Gasteiger partial charge in [0.25, 0.3) is 0 Å². The smallest absolute Gasteiger partial charge is 0.244 e. The van der Waals surface area contributed by atoms with Crippen molar-refractivity contribution in [1.82, 2.24) is 4.57 Å². The molecule has 1 aromatic heterocycles. The summed E-state index contributed by atoms with van der Waals surface area (Å²) in [7, 11) is 0. The van der Waals surface area contributed by atoms with Crippen molar-refractivity contribution in [2.24, 2.45) is 0 Å². The van der Waals surface area contributed by atoms with Crippen LogP contribution < -0.4 is 5.32 Å². The summed E-state index contributed by atoms with van der Waals surface area (Å²) in [5.74, 6) is 0.0173. The molecule has 0 radical (unpaired) electrons. The van der Waals surface area contributed by atoms with Crippen LogP contribution in [0.2, 0.25) is 0 Å². The molecule has 0 bridgehead atoms. The first kappa shape index (κ1) is 16.3. The summed E-state index contributed by atoms with van der Waals surface area (Å²) in [6.45, 7) is 6.64. The fourth-order valence-electron chi connectivity index (χ4n) is 3.19. The van der Waals surface area contributed by atoms with E-state index in [-0.39, 0.29) is 5.91 Å². The van der Waals surface area contributed by atoms with E-state index in [2.05, 4.69) is 68.6 Å². The van der Waals surface area contributed by atoms with Crippen LogP contribution in [0, 0.1) is 6.92 Å². The van der Waals surface area contributed by atoms with Crippen LogP contribution in [0.25, 0.3) is 10.9 Å². The van der Waals surface area contributed by atoms with Crippen molar-refractivity contribution < 1.29 is 4.79 Å². The Bertz CT molecular complexity index is 854. The fraction of sp³-hybridized carbons (Fsp3) is 0.286. The maximum atomic E-state index is 12.6. The predicted molar refractivity (Wildman–Crippen MR) is 101 cm³/mol. The van der Waals surface area contributed by atoms with E-state index in [9.17, 15) is 4.79 Å². The molecule has 124 valence electrons. The zero-order chi connectivity index (χ0) is 17.1. The van der Waals surface area contributed by atoms with E-state index >= 15 is 0 Å². The summed E-state index contributed by atoms with van der Waals surface area (Å²) in [5.41, 5.74) is 5.69. The van der Waals surface area contributed by atoms with E-state index in [0.717, 1.165) is 24.0 Å². The number of hydrogen-bond donors (Lipinski definition) is 1. The molecule has 0 aliphatic heterocycles. The fourth-order valence-corrected chi connectivity index (χ4v) is 3.19. The molecule has 1 amide bonds. The highest BCUT2D eigenvalue weighted by atomic mass is 16.1. The minimum absolute atomic E-state index is 0.0173. The molecule has 3 heteroatoms. The van der Waals surface area contributed by atoms with Crippen molar-refractivity contribution in [2.75, 3.05) is 5.32 Å². The van der Waals surface area contributed by atoms with Crippen molar-refractivity contribution in [3.63, 3.8) is 0 Å². The Morgan fingerprint density at radius 3 is 2.42 bits per heavy atom. The van der Waals surface area contributed by atoms with Crippen molar-refractivity contribution in [3.05, 3.63) is 65.4 Å². The number of aromatic nitrogens is 1. The number of fused-ring (bicyclic) bond motifs is 1. The molecule has 24 heavy (non-hydrogen) atoms. The van der Waals surface area contributed by atoms with E-state index in [1.165, 1.54) is 22.1 Å². The third-order valence-corrected chi connectivity index (χ3v) is 4.50. The Morgan fingerprint density at radius 2 is 1.75 bits per heavy atom. The number of aryl methyl sites for hydroxylation is 3. The summed E-state index contributed by atoms with van der Waals surface area (Å²) in [6.07, 6.45) is 3.81. The van der Waals surface area contributed by atoms with Gasteiger partial charge in [-0.1, -0.05) is 43.7 Å². The second-order valence-corrected chi connectivity index (χ2v) is 6.21. The largest absolute Gasteiger partial charge is 0.338 e. The molecular weight excluding hydrogens is 296 g/mol. The number of hydrogen-bond acceptors (Lipinski definition) is 1. The van der Waals surface area contributed by atoms with Crippen LogP contribution in [-0.2, 0) is 24.2 Å². The molecule has 0 aliphatic carbocycles. The lowest BCUT2D eigenvalue weighted by Gasteiger charge is -2.15. The Kier molecular flexibility index (Phi) is 4.70. The summed E-state index contributed by atoms with van der Waals surface area (Å²) in [6, 6.07) is 14.6. The minimum atomic E-state index is 0.0173. The monoisotopic (exact) mass is 320 g/mol. The number of carbonyl (C=O) groups excluding carboxylic acids is 1. The molecule has 0 saturated carbocycles. The molecule has 1 heterocycles. The van der Waals surface area contributed by atoms with Crippen molar-refractivity contribution in [1.29, 1.82) is 0 Å². The molecule has 0 aliphatic rings. The van der Waals surface area contributed by atoms with Crippen LogP contribution in [0.4, 0.5) is 5.69 Å². The third-order valence-electron chi connectivity index (χ3n) is 4.50. The number of para-hydroxylation sites is 1. The average Bonchev–Trinajstić information content (AvgIpc) is 2.96. The van der Waals surface area contributed by atoms with Gasteiger partial charge < -0.3 is 9.88 Å². The normalized spacial score (nSPS) is 11.0. The first-order valence-electron chi connectivity index (χ1n) is 8.58. The van der Waals surface area contributed by atoms with Crippen molar-refractivity contribution in [2.45, 2.75) is 40.2 Å². The lowest BCUT2D eigenvalue weighted by Crippen LogP contribution is -2.20. The second kappa shape index (κ2) is 6.91. The zero-order valence-electron chi connectivity index (χ0n) is 14.6. The van der Waals surface area contributed by atoms with Gasteiger partial charge in [0.1, 0.15) is 6.54 Å². The predicted octanol–water partition coefficient (Wildman–Crippen LogP) is 4.71. The molecule has 3 rings (SSSR count). The molecule has 0 fully saturated rings. The molecule has 0 unspecified atom stereocenters. The summed E-state index contributed by atoms with van der Waals surface area (Å²) in [4.78, 5) is 12.6. The number of anilines is 1. The number of benzene rings is 2. The van der Waals surface area contributed by atoms with E-state index in [4.69, 9.17) is 0 Å². The molecular formula is C21H24N2O. The summed E-state index contributed by atoms with van der Waals surface area (Å²) < 4.78 is 2.00. The third kappa shape index (κ3) is 3.21. The van der Waals surface area contributed by atoms with E-state index < -0.39 is 0 Å². The molecule has 1 N–H and O–H groups in total. The van der Waals surface area contributed by atoms with Gasteiger partial charge in [0, 0.05) is 17.4 Å². The highest BCUT2D eigenvalue weighted by Gasteiger charge is 2.11. The van der Waals surface area contributed by atoms with Crippen LogP contribution in [0.15, 0.2) is 48.7 Å². The van der Waals surface area contributed by atoms with Crippen LogP contribution in [0.1, 0.15) is 30.5 Å². The Balaban J connectivity index is 1.83. The standard InChI is InChI=1S/C21H24N2O/c1-4-16-7-6-8-17(5-2)21(16)22-20(24)14-23-12-11-18-13-15(3)9-10-19(18)23/h6-13H,4-5,14H2,1-3H3,(H,22,24). The SMILES string of the molecule is CCc1cccc(CC)c1NC(=O)Cn1ccc2cc(C)ccc21. The zero-order valence-corrected chi connectivity index (χ0v) is 14.6. The van der Waals surface area contributed by atoms with Crippen LogP contribution >= 0.6 is 0 Å². The lowest BCUT2D eigenvalue weighted by molar-refractivity contribution is -0.116. The van der Waals surface area contributed by atoms with Gasteiger partial charge >= 0.3 is 0 Å². The second-order valence-electron chi connectivity index (χ2n) is 6.21. The van der Waals surface area contributed by atoms with Gasteiger partial charge in [-0.15, -0.1) is 0 Å². The number of amides is 1. The number of rotatable bonds is 5. The van der Waals surface area contributed by atoms with Gasteiger partial charge in [0.15, 0.2) is 0 Å². The molecule has 0 saturated heterocycles. The quantitative estimate of drug-likeness (QED) is 0.725. The Morgan fingerprint density at radius 1 is 1.04 bits per heavy atom. The van der Waals surface area contributed by atoms with Gasteiger partial charge in [-0.2, -0.15) is 0 Å². The number of carbonyl (C=O) groups is 1. The molecule has 3 nitrogen and oxygen atoms in total. The number of nitrogens with one attached hydrogen (secondary N) is 1. The van der Waals surface area contributed by atoms with Crippen LogP contribution in [0.3, 0.4) is 0 Å². The highest BCUT2D eigenvalue weighted by Crippen LogP contribution is 2.23. The van der Waals surface area contributed by atoms with E-state index in [1.807, 2.05) is 10.8 Å². The lowest BCUT2D eigenvalue weighted by atomic mass is 10.0. The highest BCUT2D eigenvalue weighted by molar-refractivity contribution is 5.93. The summed E-state index contributed by atoms with van der Waals surface area (Å²) >= 11 is 0. The molecule has 3 aromatic rings. The molecule has 0 spiro atoms. The first-order valence-corrected chi connectivity index (χ1v) is 8.58. The summed E-state index contributed by atoms with van der Waals surface area (Å²) in [5, 5.41) is 4.31. The van der Waals surface area contributed by atoms with Gasteiger partial charge in [0.2, 0.25) is 5.91 Å². The Labute approximate surface area is 143 Å². The van der Waals surface area contributed by atoms with E-state index in [0.29, 0.717) is 6.54 Å². The first-order chi connectivity index (χ1) is 11.6. The average molecular weight is 320 g/mol. The maximum Gasteiger partial charge on any atom is 0.244 e. The van der Waals surface area contributed by atoms with Crippen molar-refractivity contribution >= 4 is 22.5 Å². The van der Waals surface area contributed by atoms with Gasteiger partial charge in [-0.05, 0) is 54.5 Å². The topological polar surface area (TPSA) is 34.0 Å². The van der Waals surface area contributed by atoms with Crippen LogP contribution in [-0.4, -0.2) is 10.5 Å². The minimum Gasteiger partial charge on any atom is -0.338 e. The maximum absolute atomic E-state index is 12.6. The van der Waals surface area contributed by atoms with Crippen molar-refractivity contribution in [3.8, 4) is 0 Å². The number of nitrogens with zero attached hydrogens (tertiary/aromatic N) is 1. The van der Waals surface area contributed by atoms with Gasteiger partial charge in [-0.25, -0.2) is 0 Å². The molecule has 2 aromatic carbocycles. The van der Waals surface area contributed by atoms with E-state index in [1.54, 1.807) is 0 Å². The van der Waals surface area contributed by atoms with Crippen LogP contribution in [0.5, 0.6) is 0 Å². The molecule has 0 atom stereocenters.